The SMILES string of the molecule is CC(C)c1ccnc2c1C=CC(=O)C2. The lowest BCUT2D eigenvalue weighted by Crippen LogP contribution is -2.10. The van der Waals surface area contributed by atoms with Crippen molar-refractivity contribution in [2.45, 2.75) is 26.2 Å². The summed E-state index contributed by atoms with van der Waals surface area (Å²) in [5.74, 6) is 0.621. The van der Waals surface area contributed by atoms with Crippen LogP contribution in [0.3, 0.4) is 0 Å². The number of nitrogens with zero attached hydrogens (tertiary/aromatic N) is 1. The number of carbonyl (C=O) groups is 1. The van der Waals surface area contributed by atoms with Gasteiger partial charge in [0, 0.05) is 11.8 Å². The second-order valence-corrected chi connectivity index (χ2v) is 3.89. The summed E-state index contributed by atoms with van der Waals surface area (Å²) in [7, 11) is 0. The van der Waals surface area contributed by atoms with Crippen LogP contribution in [0.5, 0.6) is 0 Å². The summed E-state index contributed by atoms with van der Waals surface area (Å²) in [6, 6.07) is 2.03. The van der Waals surface area contributed by atoms with Crippen molar-refractivity contribution in [1.29, 1.82) is 0 Å². The first-order valence-corrected chi connectivity index (χ1v) is 4.87. The highest BCUT2D eigenvalue weighted by Crippen LogP contribution is 2.25. The van der Waals surface area contributed by atoms with Gasteiger partial charge in [-0.05, 0) is 29.7 Å². The van der Waals surface area contributed by atoms with Crippen LogP contribution in [0.25, 0.3) is 6.08 Å². The molecule has 0 fully saturated rings. The molecule has 1 aromatic rings. The van der Waals surface area contributed by atoms with Gasteiger partial charge in [0.2, 0.25) is 0 Å². The predicted octanol–water partition coefficient (Wildman–Crippen LogP) is 2.34. The van der Waals surface area contributed by atoms with Gasteiger partial charge in [0.25, 0.3) is 0 Å². The Labute approximate surface area is 83.7 Å². The zero-order chi connectivity index (χ0) is 10.1. The van der Waals surface area contributed by atoms with Crippen molar-refractivity contribution in [3.8, 4) is 0 Å². The fourth-order valence-corrected chi connectivity index (χ4v) is 1.77. The number of rotatable bonds is 1. The molecule has 0 amide bonds. The van der Waals surface area contributed by atoms with Gasteiger partial charge in [-0.1, -0.05) is 13.8 Å². The molecule has 72 valence electrons. The molecule has 14 heavy (non-hydrogen) atoms. The molecule has 0 aliphatic heterocycles. The molecule has 0 spiro atoms. The number of ketones is 1. The molecule has 1 aliphatic rings. The lowest BCUT2D eigenvalue weighted by molar-refractivity contribution is -0.114. The number of pyridine rings is 1. The molecular formula is C12H13NO. The second-order valence-electron chi connectivity index (χ2n) is 3.89. The maximum atomic E-state index is 11.2. The van der Waals surface area contributed by atoms with Crippen molar-refractivity contribution < 1.29 is 4.79 Å². The number of fused-ring (bicyclic) bond motifs is 1. The van der Waals surface area contributed by atoms with Crippen LogP contribution >= 0.6 is 0 Å². The number of carbonyl (C=O) groups excluding carboxylic acids is 1. The molecule has 0 unspecified atom stereocenters. The Hall–Kier alpha value is -1.44. The molecule has 1 aliphatic carbocycles. The van der Waals surface area contributed by atoms with E-state index in [0.717, 1.165) is 11.3 Å². The maximum Gasteiger partial charge on any atom is 0.161 e. The summed E-state index contributed by atoms with van der Waals surface area (Å²) in [5, 5.41) is 0. The monoisotopic (exact) mass is 187 g/mol. The summed E-state index contributed by atoms with van der Waals surface area (Å²) in [4.78, 5) is 15.4. The molecule has 0 saturated carbocycles. The normalized spacial score (nSPS) is 14.6. The van der Waals surface area contributed by atoms with Crippen LogP contribution < -0.4 is 0 Å². The van der Waals surface area contributed by atoms with E-state index in [1.807, 2.05) is 12.1 Å². The predicted molar refractivity (Wildman–Crippen MR) is 56.1 cm³/mol. The van der Waals surface area contributed by atoms with Crippen molar-refractivity contribution >= 4 is 11.9 Å². The van der Waals surface area contributed by atoms with E-state index in [1.165, 1.54) is 5.56 Å². The smallest absolute Gasteiger partial charge is 0.161 e. The van der Waals surface area contributed by atoms with Gasteiger partial charge in [0.1, 0.15) is 0 Å². The van der Waals surface area contributed by atoms with Crippen LogP contribution in [-0.2, 0) is 11.2 Å². The molecule has 0 bridgehead atoms. The molecule has 0 saturated heterocycles. The van der Waals surface area contributed by atoms with Gasteiger partial charge >= 0.3 is 0 Å². The van der Waals surface area contributed by atoms with Crippen molar-refractivity contribution in [3.05, 3.63) is 35.2 Å². The Morgan fingerprint density at radius 2 is 2.14 bits per heavy atom. The zero-order valence-corrected chi connectivity index (χ0v) is 8.45. The molecule has 2 rings (SSSR count). The first-order valence-electron chi connectivity index (χ1n) is 4.87. The Balaban J connectivity index is 2.55. The Morgan fingerprint density at radius 1 is 1.36 bits per heavy atom. The number of allylic oxidation sites excluding steroid dienone is 1. The van der Waals surface area contributed by atoms with E-state index < -0.39 is 0 Å². The number of aromatic nitrogens is 1. The van der Waals surface area contributed by atoms with E-state index in [1.54, 1.807) is 12.3 Å². The van der Waals surface area contributed by atoms with Crippen molar-refractivity contribution in [2.75, 3.05) is 0 Å². The van der Waals surface area contributed by atoms with Crippen molar-refractivity contribution in [2.24, 2.45) is 0 Å². The van der Waals surface area contributed by atoms with Gasteiger partial charge in [-0.25, -0.2) is 0 Å². The van der Waals surface area contributed by atoms with E-state index in [-0.39, 0.29) is 5.78 Å². The Kier molecular flexibility index (Phi) is 2.20. The average Bonchev–Trinajstić information content (AvgIpc) is 2.16. The molecule has 2 nitrogen and oxygen atoms in total. The zero-order valence-electron chi connectivity index (χ0n) is 8.45. The topological polar surface area (TPSA) is 30.0 Å². The third kappa shape index (κ3) is 1.48. The highest BCUT2D eigenvalue weighted by atomic mass is 16.1. The van der Waals surface area contributed by atoms with E-state index in [9.17, 15) is 4.79 Å². The van der Waals surface area contributed by atoms with Gasteiger partial charge in [0.05, 0.1) is 12.1 Å². The summed E-state index contributed by atoms with van der Waals surface area (Å²) < 4.78 is 0. The first-order chi connectivity index (χ1) is 6.68. The molecule has 0 radical (unpaired) electrons. The summed E-state index contributed by atoms with van der Waals surface area (Å²) in [6.07, 6.45) is 5.78. The van der Waals surface area contributed by atoms with Crippen LogP contribution in [-0.4, -0.2) is 10.8 Å². The Bertz CT molecular complexity index is 405. The standard InChI is InChI=1S/C12H13NO/c1-8(2)10-5-6-13-12-7-9(14)3-4-11(10)12/h3-6,8H,7H2,1-2H3. The van der Waals surface area contributed by atoms with Crippen molar-refractivity contribution in [3.63, 3.8) is 0 Å². The van der Waals surface area contributed by atoms with Gasteiger partial charge in [-0.3, -0.25) is 9.78 Å². The molecule has 0 atom stereocenters. The van der Waals surface area contributed by atoms with E-state index in [4.69, 9.17) is 0 Å². The minimum absolute atomic E-state index is 0.144. The van der Waals surface area contributed by atoms with Crippen LogP contribution in [0.1, 0.15) is 36.6 Å². The molecule has 2 heteroatoms. The van der Waals surface area contributed by atoms with Crippen molar-refractivity contribution in [1.82, 2.24) is 4.98 Å². The third-order valence-corrected chi connectivity index (χ3v) is 2.51. The molecule has 0 N–H and O–H groups in total. The van der Waals surface area contributed by atoms with E-state index >= 15 is 0 Å². The summed E-state index contributed by atoms with van der Waals surface area (Å²) >= 11 is 0. The van der Waals surface area contributed by atoms with Gasteiger partial charge in [0.15, 0.2) is 5.78 Å². The molecular weight excluding hydrogens is 174 g/mol. The molecule has 1 aromatic heterocycles. The molecule has 0 aromatic carbocycles. The summed E-state index contributed by atoms with van der Waals surface area (Å²) in [5.41, 5.74) is 3.34. The minimum atomic E-state index is 0.144. The third-order valence-electron chi connectivity index (χ3n) is 2.51. The second kappa shape index (κ2) is 3.37. The van der Waals surface area contributed by atoms with Crippen LogP contribution in [0.2, 0.25) is 0 Å². The maximum absolute atomic E-state index is 11.2. The van der Waals surface area contributed by atoms with E-state index in [2.05, 4.69) is 18.8 Å². The average molecular weight is 187 g/mol. The van der Waals surface area contributed by atoms with Gasteiger partial charge in [-0.15, -0.1) is 0 Å². The lowest BCUT2D eigenvalue weighted by atomic mass is 9.92. The number of hydrogen-bond donors (Lipinski definition) is 0. The lowest BCUT2D eigenvalue weighted by Gasteiger charge is -2.15. The minimum Gasteiger partial charge on any atom is -0.294 e. The Morgan fingerprint density at radius 3 is 2.86 bits per heavy atom. The highest BCUT2D eigenvalue weighted by molar-refractivity contribution is 5.98. The number of hydrogen-bond acceptors (Lipinski definition) is 2. The van der Waals surface area contributed by atoms with Crippen LogP contribution in [0.4, 0.5) is 0 Å². The highest BCUT2D eigenvalue weighted by Gasteiger charge is 2.15. The van der Waals surface area contributed by atoms with Crippen LogP contribution in [0.15, 0.2) is 18.3 Å². The summed E-state index contributed by atoms with van der Waals surface area (Å²) in [6.45, 7) is 4.31. The van der Waals surface area contributed by atoms with Gasteiger partial charge < -0.3 is 0 Å². The van der Waals surface area contributed by atoms with Gasteiger partial charge in [-0.2, -0.15) is 0 Å². The van der Waals surface area contributed by atoms with Crippen LogP contribution in [0, 0.1) is 0 Å². The largest absolute Gasteiger partial charge is 0.294 e. The quantitative estimate of drug-likeness (QED) is 0.675. The molecule has 1 heterocycles. The first kappa shape index (κ1) is 9.13. The fourth-order valence-electron chi connectivity index (χ4n) is 1.77. The van der Waals surface area contributed by atoms with E-state index in [0.29, 0.717) is 12.3 Å². The fraction of sp³-hybridized carbons (Fsp3) is 0.333.